The van der Waals surface area contributed by atoms with Crippen LogP contribution in [-0.2, 0) is 9.47 Å². The average Bonchev–Trinajstić information content (AvgIpc) is 3.70. The molecule has 8 heteroatoms. The van der Waals surface area contributed by atoms with Crippen molar-refractivity contribution in [3.63, 3.8) is 0 Å². The van der Waals surface area contributed by atoms with Crippen LogP contribution in [0.15, 0.2) is 43.2 Å². The van der Waals surface area contributed by atoms with Crippen LogP contribution in [0, 0.1) is 12.8 Å². The van der Waals surface area contributed by atoms with Crippen molar-refractivity contribution in [2.24, 2.45) is 5.92 Å². The van der Waals surface area contributed by atoms with Gasteiger partial charge in [-0.25, -0.2) is 4.98 Å². The van der Waals surface area contributed by atoms with Crippen LogP contribution in [0.1, 0.15) is 74.5 Å². The lowest BCUT2D eigenvalue weighted by Gasteiger charge is -2.35. The number of carbonyl (C=O) groups excluding carboxylic acids is 1. The number of H-pyrrole nitrogens is 1. The maximum atomic E-state index is 13.0. The number of rotatable bonds is 6. The van der Waals surface area contributed by atoms with Crippen molar-refractivity contribution in [3.8, 4) is 0 Å². The molecule has 3 saturated heterocycles. The van der Waals surface area contributed by atoms with Gasteiger partial charge >= 0.3 is 0 Å². The summed E-state index contributed by atoms with van der Waals surface area (Å²) in [6.07, 6.45) is 8.99. The number of nitrogens with one attached hydrogen (secondary N) is 2. The normalized spacial score (nSPS) is 18.7. The third kappa shape index (κ3) is 6.65. The van der Waals surface area contributed by atoms with Crippen LogP contribution in [0.3, 0.4) is 0 Å². The number of aromatic amines is 1. The predicted octanol–water partition coefficient (Wildman–Crippen LogP) is 6.31. The Morgan fingerprint density at radius 3 is 2.31 bits per heavy atom. The molecule has 3 aliphatic rings. The Labute approximate surface area is 250 Å². The first-order chi connectivity index (χ1) is 20.4. The van der Waals surface area contributed by atoms with Gasteiger partial charge in [0.25, 0.3) is 5.91 Å². The third-order valence-electron chi connectivity index (χ3n) is 8.57. The zero-order valence-corrected chi connectivity index (χ0v) is 25.7. The third-order valence-corrected chi connectivity index (χ3v) is 8.57. The Balaban J connectivity index is 0.00000113. The number of pyridine rings is 1. The van der Waals surface area contributed by atoms with Gasteiger partial charge in [0, 0.05) is 55.3 Å². The monoisotopic (exact) mass is 573 g/mol. The molecule has 6 rings (SSSR count). The first-order valence-electron chi connectivity index (χ1n) is 15.7. The van der Waals surface area contributed by atoms with Crippen LogP contribution < -0.4 is 15.1 Å². The summed E-state index contributed by atoms with van der Waals surface area (Å²) in [6, 6.07) is 8.42. The zero-order chi connectivity index (χ0) is 29.6. The van der Waals surface area contributed by atoms with Gasteiger partial charge < -0.3 is 29.6 Å². The molecule has 0 bridgehead atoms. The van der Waals surface area contributed by atoms with Gasteiger partial charge in [0.2, 0.25) is 0 Å². The molecular weight excluding hydrogens is 526 g/mol. The van der Waals surface area contributed by atoms with Gasteiger partial charge in [-0.1, -0.05) is 32.9 Å². The van der Waals surface area contributed by atoms with E-state index in [0.29, 0.717) is 24.8 Å². The molecular formula is C34H47N5O3. The number of aryl methyl sites for hydroxylation is 1. The van der Waals surface area contributed by atoms with Crippen LogP contribution in [0.25, 0.3) is 16.5 Å². The lowest BCUT2D eigenvalue weighted by Crippen LogP contribution is -2.45. The number of amides is 1. The standard InChI is InChI=1S/C31H39N5O3.C3H8/c1-20(2)25-19-33-29-27(7-4-21(3)28(25)29)36-14-10-23(11-15-36)34-30(37)26-6-5-24(18-32-26)35-12-8-22(9-13-35)31-38-16-17-39-31;1-3-2/h4-7,18-19,22-23,31,33H,1,8-17H2,2-3H3,(H,34,37);3H2,1-2H3. The van der Waals surface area contributed by atoms with E-state index in [0.717, 1.165) is 63.1 Å². The Morgan fingerprint density at radius 1 is 1.02 bits per heavy atom. The lowest BCUT2D eigenvalue weighted by atomic mass is 9.96. The summed E-state index contributed by atoms with van der Waals surface area (Å²) >= 11 is 0. The predicted molar refractivity (Wildman–Crippen MR) is 171 cm³/mol. The van der Waals surface area contributed by atoms with Gasteiger partial charge in [0.15, 0.2) is 6.29 Å². The van der Waals surface area contributed by atoms with E-state index in [2.05, 4.69) is 77.7 Å². The van der Waals surface area contributed by atoms with E-state index in [1.54, 1.807) is 0 Å². The van der Waals surface area contributed by atoms with Gasteiger partial charge in [-0.15, -0.1) is 0 Å². The number of benzene rings is 1. The number of nitrogens with zero attached hydrogens (tertiary/aromatic N) is 3. The van der Waals surface area contributed by atoms with Gasteiger partial charge in [-0.05, 0) is 68.9 Å². The van der Waals surface area contributed by atoms with E-state index in [1.165, 1.54) is 34.1 Å². The van der Waals surface area contributed by atoms with E-state index < -0.39 is 0 Å². The molecule has 0 spiro atoms. The minimum absolute atomic E-state index is 0.0380. The smallest absolute Gasteiger partial charge is 0.270 e. The minimum atomic E-state index is -0.0950. The largest absolute Gasteiger partial charge is 0.370 e. The Kier molecular flexibility index (Phi) is 9.85. The van der Waals surface area contributed by atoms with Crippen molar-refractivity contribution < 1.29 is 14.3 Å². The number of allylic oxidation sites excluding steroid dienone is 1. The number of aromatic nitrogens is 2. The highest BCUT2D eigenvalue weighted by molar-refractivity contribution is 6.01. The summed E-state index contributed by atoms with van der Waals surface area (Å²) in [6.45, 7) is 17.7. The number of carbonyl (C=O) groups is 1. The summed E-state index contributed by atoms with van der Waals surface area (Å²) < 4.78 is 11.4. The van der Waals surface area contributed by atoms with E-state index >= 15 is 0 Å². The van der Waals surface area contributed by atoms with Crippen LogP contribution >= 0.6 is 0 Å². The van der Waals surface area contributed by atoms with Crippen molar-refractivity contribution in [1.82, 2.24) is 15.3 Å². The highest BCUT2D eigenvalue weighted by Gasteiger charge is 2.31. The van der Waals surface area contributed by atoms with Crippen molar-refractivity contribution in [2.45, 2.75) is 72.1 Å². The number of piperidine rings is 2. The highest BCUT2D eigenvalue weighted by atomic mass is 16.7. The number of hydrogen-bond acceptors (Lipinski definition) is 6. The molecule has 2 aromatic heterocycles. The Morgan fingerprint density at radius 2 is 1.69 bits per heavy atom. The van der Waals surface area contributed by atoms with Crippen molar-refractivity contribution in [1.29, 1.82) is 0 Å². The Hall–Kier alpha value is -3.36. The number of fused-ring (bicyclic) bond motifs is 1. The second-order valence-electron chi connectivity index (χ2n) is 11.9. The molecule has 3 aromatic rings. The molecule has 1 aromatic carbocycles. The summed E-state index contributed by atoms with van der Waals surface area (Å²) in [7, 11) is 0. The molecule has 3 aliphatic heterocycles. The van der Waals surface area contributed by atoms with E-state index in [4.69, 9.17) is 9.47 Å². The topological polar surface area (TPSA) is 82.7 Å². The fourth-order valence-corrected chi connectivity index (χ4v) is 6.32. The fraction of sp³-hybridized carbons (Fsp3) is 0.529. The molecule has 5 heterocycles. The second-order valence-corrected chi connectivity index (χ2v) is 11.9. The van der Waals surface area contributed by atoms with Gasteiger partial charge in [0.1, 0.15) is 5.69 Å². The zero-order valence-electron chi connectivity index (χ0n) is 25.7. The van der Waals surface area contributed by atoms with Crippen LogP contribution in [-0.4, -0.2) is 67.6 Å². The molecule has 3 fully saturated rings. The average molecular weight is 574 g/mol. The highest BCUT2D eigenvalue weighted by Crippen LogP contribution is 2.35. The molecule has 8 nitrogen and oxygen atoms in total. The van der Waals surface area contributed by atoms with E-state index in [9.17, 15) is 4.79 Å². The first-order valence-corrected chi connectivity index (χ1v) is 15.7. The van der Waals surface area contributed by atoms with E-state index in [-0.39, 0.29) is 18.2 Å². The van der Waals surface area contributed by atoms with Crippen molar-refractivity contribution in [3.05, 3.63) is 60.1 Å². The van der Waals surface area contributed by atoms with Gasteiger partial charge in [-0.3, -0.25) is 4.79 Å². The van der Waals surface area contributed by atoms with Gasteiger partial charge in [-0.2, -0.15) is 0 Å². The first kappa shape index (κ1) is 30.1. The van der Waals surface area contributed by atoms with Gasteiger partial charge in [0.05, 0.1) is 36.3 Å². The molecule has 42 heavy (non-hydrogen) atoms. The molecule has 0 unspecified atom stereocenters. The molecule has 0 aliphatic carbocycles. The van der Waals surface area contributed by atoms with Crippen LogP contribution in [0.2, 0.25) is 0 Å². The SMILES string of the molecule is C=C(C)c1c[nH]c2c(N3CCC(NC(=O)c4ccc(N5CCC(C6OCCO6)CC5)cn4)CC3)ccc(C)c12.CCC. The van der Waals surface area contributed by atoms with Crippen LogP contribution in [0.5, 0.6) is 0 Å². The fourth-order valence-electron chi connectivity index (χ4n) is 6.32. The van der Waals surface area contributed by atoms with Crippen molar-refractivity contribution >= 4 is 33.8 Å². The quantitative estimate of drug-likeness (QED) is 0.360. The summed E-state index contributed by atoms with van der Waals surface area (Å²) in [5.74, 6) is 0.365. The molecule has 226 valence electrons. The molecule has 0 radical (unpaired) electrons. The number of ether oxygens (including phenoxy) is 2. The maximum absolute atomic E-state index is 13.0. The second kappa shape index (κ2) is 13.7. The molecule has 2 N–H and O–H groups in total. The summed E-state index contributed by atoms with van der Waals surface area (Å²) in [5.41, 5.74) is 7.44. The summed E-state index contributed by atoms with van der Waals surface area (Å²) in [4.78, 5) is 25.7. The van der Waals surface area contributed by atoms with Crippen LogP contribution in [0.4, 0.5) is 11.4 Å². The number of anilines is 2. The minimum Gasteiger partial charge on any atom is -0.370 e. The Bertz CT molecular complexity index is 1350. The van der Waals surface area contributed by atoms with E-state index in [1.807, 2.05) is 18.3 Å². The lowest BCUT2D eigenvalue weighted by molar-refractivity contribution is -0.0889. The maximum Gasteiger partial charge on any atom is 0.270 e. The summed E-state index contributed by atoms with van der Waals surface area (Å²) in [5, 5.41) is 4.48. The molecule has 1 amide bonds. The number of hydrogen-bond donors (Lipinski definition) is 2. The molecule has 0 saturated carbocycles. The van der Waals surface area contributed by atoms with Crippen molar-refractivity contribution in [2.75, 3.05) is 49.2 Å². The molecule has 0 atom stereocenters.